The molecule has 0 aliphatic carbocycles. The molecule has 1 aromatic rings. The predicted molar refractivity (Wildman–Crippen MR) is 78.0 cm³/mol. The Labute approximate surface area is 118 Å². The van der Waals surface area contributed by atoms with E-state index in [4.69, 9.17) is 4.74 Å². The molecule has 0 amide bonds. The van der Waals surface area contributed by atoms with Crippen molar-refractivity contribution in [1.29, 1.82) is 0 Å². The van der Waals surface area contributed by atoms with Crippen molar-refractivity contribution in [3.63, 3.8) is 0 Å². The standard InChI is InChI=1S/C14H21N3O3/c1-15-13-6-5-11(8-14(13)17(18)19)9-16-7-3-4-12(10-16)20-2/h5-6,8,12,15H,3-4,7,9-10H2,1-2H3. The molecule has 1 heterocycles. The maximum absolute atomic E-state index is 11.1. The molecule has 6 heteroatoms. The van der Waals surface area contributed by atoms with Gasteiger partial charge in [0.05, 0.1) is 11.0 Å². The Balaban J connectivity index is 2.09. The minimum atomic E-state index is -0.344. The summed E-state index contributed by atoms with van der Waals surface area (Å²) in [5.41, 5.74) is 1.64. The van der Waals surface area contributed by atoms with E-state index in [2.05, 4.69) is 10.2 Å². The number of nitrogens with one attached hydrogen (secondary N) is 1. The van der Waals surface area contributed by atoms with Crippen molar-refractivity contribution in [2.24, 2.45) is 0 Å². The summed E-state index contributed by atoms with van der Waals surface area (Å²) >= 11 is 0. The summed E-state index contributed by atoms with van der Waals surface area (Å²) in [6.45, 7) is 2.63. The average molecular weight is 279 g/mol. The summed E-state index contributed by atoms with van der Waals surface area (Å²) in [6, 6.07) is 5.36. The quantitative estimate of drug-likeness (QED) is 0.661. The van der Waals surface area contributed by atoms with Crippen LogP contribution in [0.1, 0.15) is 18.4 Å². The molecule has 1 saturated heterocycles. The lowest BCUT2D eigenvalue weighted by molar-refractivity contribution is -0.384. The van der Waals surface area contributed by atoms with E-state index in [1.165, 1.54) is 0 Å². The van der Waals surface area contributed by atoms with Crippen LogP contribution in [0.2, 0.25) is 0 Å². The summed E-state index contributed by atoms with van der Waals surface area (Å²) in [5, 5.41) is 13.9. The van der Waals surface area contributed by atoms with Crippen LogP contribution in [0.15, 0.2) is 18.2 Å². The van der Waals surface area contributed by atoms with E-state index in [0.29, 0.717) is 5.69 Å². The van der Waals surface area contributed by atoms with Gasteiger partial charge in [-0.1, -0.05) is 6.07 Å². The van der Waals surface area contributed by atoms with Crippen molar-refractivity contribution in [2.75, 3.05) is 32.6 Å². The molecule has 0 spiro atoms. The third-order valence-corrected chi connectivity index (χ3v) is 3.73. The Bertz CT molecular complexity index is 479. The molecule has 0 saturated carbocycles. The van der Waals surface area contributed by atoms with Crippen molar-refractivity contribution in [3.8, 4) is 0 Å². The molecule has 1 aliphatic heterocycles. The highest BCUT2D eigenvalue weighted by Crippen LogP contribution is 2.26. The first-order chi connectivity index (χ1) is 9.63. The van der Waals surface area contributed by atoms with Crippen LogP contribution < -0.4 is 5.32 Å². The third-order valence-electron chi connectivity index (χ3n) is 3.73. The molecule has 1 atom stereocenters. The highest BCUT2D eigenvalue weighted by atomic mass is 16.6. The zero-order valence-electron chi connectivity index (χ0n) is 12.0. The molecule has 110 valence electrons. The zero-order chi connectivity index (χ0) is 14.5. The van der Waals surface area contributed by atoms with Crippen molar-refractivity contribution >= 4 is 11.4 Å². The number of ether oxygens (including phenoxy) is 1. The van der Waals surface area contributed by atoms with E-state index < -0.39 is 0 Å². The average Bonchev–Trinajstić information content (AvgIpc) is 2.47. The molecule has 0 bridgehead atoms. The maximum atomic E-state index is 11.1. The Kier molecular flexibility index (Phi) is 4.92. The second-order valence-corrected chi connectivity index (χ2v) is 5.09. The summed E-state index contributed by atoms with van der Waals surface area (Å²) < 4.78 is 5.40. The normalized spacial score (nSPS) is 19.8. The molecule has 1 fully saturated rings. The summed E-state index contributed by atoms with van der Waals surface area (Å²) in [5.74, 6) is 0. The number of hydrogen-bond acceptors (Lipinski definition) is 5. The molecular weight excluding hydrogens is 258 g/mol. The monoisotopic (exact) mass is 279 g/mol. The van der Waals surface area contributed by atoms with Gasteiger partial charge in [0.2, 0.25) is 0 Å². The lowest BCUT2D eigenvalue weighted by atomic mass is 10.1. The number of anilines is 1. The fourth-order valence-corrected chi connectivity index (χ4v) is 2.65. The first-order valence-electron chi connectivity index (χ1n) is 6.84. The number of nitrogens with zero attached hydrogens (tertiary/aromatic N) is 2. The van der Waals surface area contributed by atoms with E-state index in [1.54, 1.807) is 26.3 Å². The zero-order valence-corrected chi connectivity index (χ0v) is 12.0. The molecule has 20 heavy (non-hydrogen) atoms. The minimum Gasteiger partial charge on any atom is -0.383 e. The third kappa shape index (κ3) is 3.46. The highest BCUT2D eigenvalue weighted by molar-refractivity contribution is 5.62. The second-order valence-electron chi connectivity index (χ2n) is 5.09. The van der Waals surface area contributed by atoms with Crippen LogP contribution in [-0.4, -0.2) is 43.2 Å². The fraction of sp³-hybridized carbons (Fsp3) is 0.571. The number of piperidine rings is 1. The first-order valence-corrected chi connectivity index (χ1v) is 6.84. The molecular formula is C14H21N3O3. The van der Waals surface area contributed by atoms with Crippen LogP contribution in [0.4, 0.5) is 11.4 Å². The van der Waals surface area contributed by atoms with Gasteiger partial charge in [0, 0.05) is 33.3 Å². The number of likely N-dealkylation sites (tertiary alicyclic amines) is 1. The number of rotatable bonds is 5. The smallest absolute Gasteiger partial charge is 0.292 e. The minimum absolute atomic E-state index is 0.130. The Morgan fingerprint density at radius 3 is 3.00 bits per heavy atom. The van der Waals surface area contributed by atoms with Gasteiger partial charge in [-0.25, -0.2) is 0 Å². The van der Waals surface area contributed by atoms with E-state index in [0.717, 1.165) is 38.0 Å². The molecule has 1 aliphatic rings. The molecule has 2 rings (SSSR count). The van der Waals surface area contributed by atoms with Crippen molar-refractivity contribution < 1.29 is 9.66 Å². The summed E-state index contributed by atoms with van der Waals surface area (Å²) in [7, 11) is 3.43. The van der Waals surface area contributed by atoms with E-state index in [-0.39, 0.29) is 16.7 Å². The van der Waals surface area contributed by atoms with Gasteiger partial charge in [0.25, 0.3) is 5.69 Å². The van der Waals surface area contributed by atoms with Gasteiger partial charge in [-0.2, -0.15) is 0 Å². The van der Waals surface area contributed by atoms with Crippen molar-refractivity contribution in [2.45, 2.75) is 25.5 Å². The van der Waals surface area contributed by atoms with Gasteiger partial charge in [-0.15, -0.1) is 0 Å². The van der Waals surface area contributed by atoms with E-state index >= 15 is 0 Å². The Hall–Kier alpha value is -1.66. The summed E-state index contributed by atoms with van der Waals surface area (Å²) in [6.07, 6.45) is 2.47. The lowest BCUT2D eigenvalue weighted by Crippen LogP contribution is -2.38. The second kappa shape index (κ2) is 6.67. The Morgan fingerprint density at radius 2 is 2.35 bits per heavy atom. The van der Waals surface area contributed by atoms with Crippen molar-refractivity contribution in [3.05, 3.63) is 33.9 Å². The van der Waals surface area contributed by atoms with Crippen LogP contribution in [0, 0.1) is 10.1 Å². The topological polar surface area (TPSA) is 67.6 Å². The fourth-order valence-electron chi connectivity index (χ4n) is 2.65. The Morgan fingerprint density at radius 1 is 1.55 bits per heavy atom. The number of nitro groups is 1. The molecule has 1 N–H and O–H groups in total. The molecule has 1 unspecified atom stereocenters. The van der Waals surface area contributed by atoms with Gasteiger partial charge in [0.15, 0.2) is 0 Å². The number of benzene rings is 1. The van der Waals surface area contributed by atoms with E-state index in [1.807, 2.05) is 6.07 Å². The number of methoxy groups -OCH3 is 1. The van der Waals surface area contributed by atoms with Gasteiger partial charge in [-0.05, 0) is 31.0 Å². The van der Waals surface area contributed by atoms with E-state index in [9.17, 15) is 10.1 Å². The van der Waals surface area contributed by atoms with Crippen molar-refractivity contribution in [1.82, 2.24) is 4.90 Å². The van der Waals surface area contributed by atoms with Gasteiger partial charge in [-0.3, -0.25) is 15.0 Å². The lowest BCUT2D eigenvalue weighted by Gasteiger charge is -2.31. The highest BCUT2D eigenvalue weighted by Gasteiger charge is 2.20. The largest absolute Gasteiger partial charge is 0.383 e. The van der Waals surface area contributed by atoms with Gasteiger partial charge in [0.1, 0.15) is 5.69 Å². The van der Waals surface area contributed by atoms with Gasteiger partial charge >= 0.3 is 0 Å². The molecule has 0 radical (unpaired) electrons. The molecule has 1 aromatic carbocycles. The molecule has 0 aromatic heterocycles. The first kappa shape index (κ1) is 14.7. The predicted octanol–water partition coefficient (Wildman–Crippen LogP) is 2.25. The van der Waals surface area contributed by atoms with Crippen LogP contribution in [0.25, 0.3) is 0 Å². The van der Waals surface area contributed by atoms with Crippen LogP contribution in [0.5, 0.6) is 0 Å². The number of hydrogen-bond donors (Lipinski definition) is 1. The summed E-state index contributed by atoms with van der Waals surface area (Å²) in [4.78, 5) is 13.0. The van der Waals surface area contributed by atoms with Crippen LogP contribution in [0.3, 0.4) is 0 Å². The van der Waals surface area contributed by atoms with Crippen LogP contribution >= 0.6 is 0 Å². The number of nitro benzene ring substituents is 1. The maximum Gasteiger partial charge on any atom is 0.292 e. The van der Waals surface area contributed by atoms with Gasteiger partial charge < -0.3 is 10.1 Å². The molecule has 6 nitrogen and oxygen atoms in total. The van der Waals surface area contributed by atoms with Crippen LogP contribution in [-0.2, 0) is 11.3 Å². The SMILES string of the molecule is CNc1ccc(CN2CCCC(OC)C2)cc1[N+](=O)[O-].